The molecule has 0 aromatic heterocycles. The number of anilines is 2. The molecule has 1 aliphatic rings. The number of amides is 1. The highest BCUT2D eigenvalue weighted by atomic mass is 19.4. The molecule has 38 heavy (non-hydrogen) atoms. The summed E-state index contributed by atoms with van der Waals surface area (Å²) >= 11 is 0. The number of carboxylic acid groups (broad SMARTS) is 1. The Kier molecular flexibility index (Phi) is 9.40. The summed E-state index contributed by atoms with van der Waals surface area (Å²) in [5.41, 5.74) is 3.15. The van der Waals surface area contributed by atoms with Gasteiger partial charge in [0.1, 0.15) is 11.6 Å². The number of carboxylic acids is 1. The highest BCUT2D eigenvalue weighted by Crippen LogP contribution is 2.24. The summed E-state index contributed by atoms with van der Waals surface area (Å²) in [5, 5.41) is 9.96. The van der Waals surface area contributed by atoms with Gasteiger partial charge in [-0.2, -0.15) is 13.2 Å². The van der Waals surface area contributed by atoms with E-state index in [-0.39, 0.29) is 17.5 Å². The predicted octanol–water partition coefficient (Wildman–Crippen LogP) is 5.56. The molecule has 6 nitrogen and oxygen atoms in total. The van der Waals surface area contributed by atoms with Crippen molar-refractivity contribution in [3.05, 3.63) is 95.6 Å². The smallest absolute Gasteiger partial charge is 0.475 e. The predicted molar refractivity (Wildman–Crippen MR) is 133 cm³/mol. The summed E-state index contributed by atoms with van der Waals surface area (Å²) < 4.78 is 58.2. The van der Waals surface area contributed by atoms with Crippen molar-refractivity contribution in [2.75, 3.05) is 30.4 Å². The quantitative estimate of drug-likeness (QED) is 0.405. The first-order valence-corrected chi connectivity index (χ1v) is 11.6. The van der Waals surface area contributed by atoms with Crippen LogP contribution >= 0.6 is 0 Å². The molecule has 3 aromatic rings. The zero-order valence-electron chi connectivity index (χ0n) is 20.4. The summed E-state index contributed by atoms with van der Waals surface area (Å²) in [7, 11) is 2.07. The molecule has 1 fully saturated rings. The monoisotopic (exact) mass is 535 g/mol. The average Bonchev–Trinajstić information content (AvgIpc) is 3.32. The van der Waals surface area contributed by atoms with E-state index >= 15 is 0 Å². The Morgan fingerprint density at radius 3 is 2.21 bits per heavy atom. The van der Waals surface area contributed by atoms with Crippen LogP contribution in [0.25, 0.3) is 0 Å². The van der Waals surface area contributed by atoms with Crippen molar-refractivity contribution in [2.24, 2.45) is 0 Å². The standard InChI is InChI=1S/C25H25F2N3O.C2HF3O2/c1-29(24-13-14-30(17-24)16-18-3-2-4-21(27)15-18)23-11-9-22(10-12-23)28-25(31)19-5-7-20(26)8-6-19;3-2(4,5)1(6)7/h2-12,15,24H,13-14,16-17H2,1H3,(H,28,31);(H,6,7). The van der Waals surface area contributed by atoms with Crippen LogP contribution in [-0.2, 0) is 11.3 Å². The van der Waals surface area contributed by atoms with Crippen LogP contribution in [0.2, 0.25) is 0 Å². The summed E-state index contributed by atoms with van der Waals surface area (Å²) in [6.07, 6.45) is -4.05. The molecule has 2 N–H and O–H groups in total. The zero-order valence-corrected chi connectivity index (χ0v) is 20.4. The van der Waals surface area contributed by atoms with Gasteiger partial charge in [-0.05, 0) is 72.6 Å². The average molecular weight is 536 g/mol. The molecule has 1 unspecified atom stereocenters. The third-order valence-electron chi connectivity index (χ3n) is 5.97. The minimum Gasteiger partial charge on any atom is -0.475 e. The Balaban J connectivity index is 0.000000505. The second kappa shape index (κ2) is 12.5. The molecule has 0 radical (unpaired) electrons. The molecule has 0 bridgehead atoms. The Morgan fingerprint density at radius 1 is 1.00 bits per heavy atom. The lowest BCUT2D eigenvalue weighted by molar-refractivity contribution is -0.192. The molecule has 4 rings (SSSR count). The number of benzene rings is 3. The Morgan fingerprint density at radius 2 is 1.63 bits per heavy atom. The number of halogens is 5. The number of rotatable bonds is 6. The Labute approximate surface area is 216 Å². The van der Waals surface area contributed by atoms with E-state index in [0.29, 0.717) is 17.3 Å². The van der Waals surface area contributed by atoms with Crippen LogP contribution in [0.5, 0.6) is 0 Å². The maximum absolute atomic E-state index is 13.4. The van der Waals surface area contributed by atoms with Gasteiger partial charge in [0.15, 0.2) is 0 Å². The maximum atomic E-state index is 13.4. The Hall–Kier alpha value is -3.99. The van der Waals surface area contributed by atoms with Crippen LogP contribution in [0.3, 0.4) is 0 Å². The maximum Gasteiger partial charge on any atom is 0.490 e. The number of likely N-dealkylation sites (tertiary alicyclic amines) is 1. The lowest BCUT2D eigenvalue weighted by Crippen LogP contribution is -2.34. The summed E-state index contributed by atoms with van der Waals surface area (Å²) in [6.45, 7) is 2.63. The van der Waals surface area contributed by atoms with Gasteiger partial charge in [0.2, 0.25) is 0 Å². The van der Waals surface area contributed by atoms with E-state index in [2.05, 4.69) is 22.2 Å². The van der Waals surface area contributed by atoms with E-state index in [1.54, 1.807) is 12.1 Å². The number of carbonyl (C=O) groups excluding carboxylic acids is 1. The van der Waals surface area contributed by atoms with Gasteiger partial charge in [-0.25, -0.2) is 13.6 Å². The first-order valence-electron chi connectivity index (χ1n) is 11.6. The summed E-state index contributed by atoms with van der Waals surface area (Å²) in [4.78, 5) is 25.8. The number of alkyl halides is 3. The minimum atomic E-state index is -5.08. The zero-order chi connectivity index (χ0) is 27.9. The van der Waals surface area contributed by atoms with Crippen LogP contribution in [0.4, 0.5) is 33.3 Å². The molecular weight excluding hydrogens is 509 g/mol. The fourth-order valence-corrected chi connectivity index (χ4v) is 3.96. The van der Waals surface area contributed by atoms with E-state index in [4.69, 9.17) is 9.90 Å². The number of nitrogens with zero attached hydrogens (tertiary/aromatic N) is 2. The number of nitrogens with one attached hydrogen (secondary N) is 1. The van der Waals surface area contributed by atoms with Crippen LogP contribution in [0.1, 0.15) is 22.3 Å². The number of hydrogen-bond donors (Lipinski definition) is 2. The normalized spacial score (nSPS) is 15.4. The van der Waals surface area contributed by atoms with E-state index in [1.807, 2.05) is 30.3 Å². The topological polar surface area (TPSA) is 72.9 Å². The van der Waals surface area contributed by atoms with Crippen LogP contribution in [0.15, 0.2) is 72.8 Å². The molecule has 0 aliphatic carbocycles. The van der Waals surface area contributed by atoms with Crippen molar-refractivity contribution >= 4 is 23.3 Å². The number of aliphatic carboxylic acids is 1. The summed E-state index contributed by atoms with van der Waals surface area (Å²) in [5.74, 6) is -3.60. The first kappa shape index (κ1) is 28.6. The van der Waals surface area contributed by atoms with Gasteiger partial charge in [0.25, 0.3) is 5.91 Å². The van der Waals surface area contributed by atoms with Crippen molar-refractivity contribution in [1.29, 1.82) is 0 Å². The highest BCUT2D eigenvalue weighted by molar-refractivity contribution is 6.04. The first-order chi connectivity index (χ1) is 17.9. The van der Waals surface area contributed by atoms with Gasteiger partial charge in [-0.1, -0.05) is 12.1 Å². The number of carbonyl (C=O) groups is 2. The Bertz CT molecular complexity index is 1230. The largest absolute Gasteiger partial charge is 0.490 e. The molecule has 1 aliphatic heterocycles. The van der Waals surface area contributed by atoms with E-state index in [9.17, 15) is 26.7 Å². The lowest BCUT2D eigenvalue weighted by atomic mass is 10.1. The van der Waals surface area contributed by atoms with Crippen LogP contribution < -0.4 is 10.2 Å². The molecule has 1 atom stereocenters. The molecule has 1 saturated heterocycles. The molecule has 11 heteroatoms. The second-order valence-electron chi connectivity index (χ2n) is 8.73. The molecule has 202 valence electrons. The molecule has 3 aromatic carbocycles. The third kappa shape index (κ3) is 8.27. The van der Waals surface area contributed by atoms with E-state index < -0.39 is 12.1 Å². The molecular formula is C27H26F5N3O3. The molecule has 1 heterocycles. The SMILES string of the molecule is CN(c1ccc(NC(=O)c2ccc(F)cc2)cc1)C1CCN(Cc2cccc(F)c2)C1.O=C(O)C(F)(F)F. The highest BCUT2D eigenvalue weighted by Gasteiger charge is 2.38. The van der Waals surface area contributed by atoms with Crippen molar-refractivity contribution in [3.63, 3.8) is 0 Å². The van der Waals surface area contributed by atoms with Gasteiger partial charge >= 0.3 is 12.1 Å². The van der Waals surface area contributed by atoms with Crippen LogP contribution in [0, 0.1) is 11.6 Å². The third-order valence-corrected chi connectivity index (χ3v) is 5.97. The van der Waals surface area contributed by atoms with Gasteiger partial charge in [-0.3, -0.25) is 9.69 Å². The molecule has 1 amide bonds. The number of hydrogen-bond acceptors (Lipinski definition) is 4. The van der Waals surface area contributed by atoms with Crippen molar-refractivity contribution in [1.82, 2.24) is 4.90 Å². The molecule has 0 spiro atoms. The number of likely N-dealkylation sites (N-methyl/N-ethyl adjacent to an activating group) is 1. The van der Waals surface area contributed by atoms with Crippen LogP contribution in [-0.4, -0.2) is 54.2 Å². The van der Waals surface area contributed by atoms with Gasteiger partial charge in [-0.15, -0.1) is 0 Å². The van der Waals surface area contributed by atoms with Crippen molar-refractivity contribution < 1.29 is 36.6 Å². The van der Waals surface area contributed by atoms with Crippen molar-refractivity contribution in [3.8, 4) is 0 Å². The molecule has 0 saturated carbocycles. The minimum absolute atomic E-state index is 0.197. The fourth-order valence-electron chi connectivity index (χ4n) is 3.96. The summed E-state index contributed by atoms with van der Waals surface area (Å²) in [6, 6.07) is 20.3. The van der Waals surface area contributed by atoms with Gasteiger partial charge in [0.05, 0.1) is 0 Å². The second-order valence-corrected chi connectivity index (χ2v) is 8.73. The van der Waals surface area contributed by atoms with Gasteiger partial charge < -0.3 is 15.3 Å². The van der Waals surface area contributed by atoms with E-state index in [0.717, 1.165) is 37.3 Å². The van der Waals surface area contributed by atoms with Crippen molar-refractivity contribution in [2.45, 2.75) is 25.2 Å². The van der Waals surface area contributed by atoms with E-state index in [1.165, 1.54) is 30.3 Å². The van der Waals surface area contributed by atoms with Gasteiger partial charge in [0, 0.05) is 49.7 Å². The lowest BCUT2D eigenvalue weighted by Gasteiger charge is -2.27. The fraction of sp³-hybridized carbons (Fsp3) is 0.259.